The molecule has 0 amide bonds. The highest BCUT2D eigenvalue weighted by atomic mass is 32.2. The van der Waals surface area contributed by atoms with Crippen LogP contribution < -0.4 is 10.5 Å². The summed E-state index contributed by atoms with van der Waals surface area (Å²) >= 11 is 0. The van der Waals surface area contributed by atoms with Crippen molar-refractivity contribution in [3.05, 3.63) is 35.4 Å². The zero-order chi connectivity index (χ0) is 13.7. The van der Waals surface area contributed by atoms with Crippen molar-refractivity contribution in [2.24, 2.45) is 11.7 Å². The van der Waals surface area contributed by atoms with Gasteiger partial charge in [-0.15, -0.1) is 0 Å². The van der Waals surface area contributed by atoms with E-state index in [0.29, 0.717) is 19.0 Å². The molecule has 0 radical (unpaired) electrons. The van der Waals surface area contributed by atoms with Crippen molar-refractivity contribution < 1.29 is 8.42 Å². The summed E-state index contributed by atoms with van der Waals surface area (Å²) in [4.78, 5) is 0. The summed E-state index contributed by atoms with van der Waals surface area (Å²) in [6.45, 7) is 1.07. The van der Waals surface area contributed by atoms with Crippen molar-refractivity contribution in [1.29, 1.82) is 0 Å². The molecular formula is C14H22N2O2S. The Labute approximate surface area is 115 Å². The van der Waals surface area contributed by atoms with Crippen LogP contribution in [0.25, 0.3) is 0 Å². The molecule has 19 heavy (non-hydrogen) atoms. The second-order valence-corrected chi connectivity index (χ2v) is 7.09. The molecule has 0 spiro atoms. The lowest BCUT2D eigenvalue weighted by molar-refractivity contribution is 0.519. The van der Waals surface area contributed by atoms with Crippen molar-refractivity contribution >= 4 is 10.0 Å². The quantitative estimate of drug-likeness (QED) is 0.835. The zero-order valence-corrected chi connectivity index (χ0v) is 12.0. The number of nitrogens with two attached hydrogens (primary N) is 1. The average Bonchev–Trinajstić information content (AvgIpc) is 2.90. The molecule has 1 fully saturated rings. The molecule has 0 aromatic heterocycles. The predicted octanol–water partition coefficient (Wildman–Crippen LogP) is 1.75. The molecule has 2 rings (SSSR count). The molecule has 1 aliphatic carbocycles. The molecule has 0 saturated heterocycles. The minimum absolute atomic E-state index is 0.0462. The van der Waals surface area contributed by atoms with Gasteiger partial charge >= 0.3 is 0 Å². The first-order valence-electron chi connectivity index (χ1n) is 6.84. The molecule has 1 aliphatic rings. The molecule has 1 aromatic carbocycles. The van der Waals surface area contributed by atoms with Gasteiger partial charge in [0.1, 0.15) is 0 Å². The molecule has 5 heteroatoms. The van der Waals surface area contributed by atoms with Gasteiger partial charge in [0, 0.05) is 13.1 Å². The Bertz CT molecular complexity index is 491. The highest BCUT2D eigenvalue weighted by Gasteiger charge is 2.18. The van der Waals surface area contributed by atoms with Gasteiger partial charge in [-0.25, -0.2) is 13.1 Å². The number of rotatable bonds is 6. The number of nitrogens with one attached hydrogen (secondary N) is 1. The maximum absolute atomic E-state index is 12.0. The van der Waals surface area contributed by atoms with Gasteiger partial charge in [-0.3, -0.25) is 0 Å². The summed E-state index contributed by atoms with van der Waals surface area (Å²) in [5, 5.41) is 0. The molecule has 3 N–H and O–H groups in total. The molecule has 0 unspecified atom stereocenters. The Hall–Kier alpha value is -0.910. The van der Waals surface area contributed by atoms with Crippen LogP contribution >= 0.6 is 0 Å². The van der Waals surface area contributed by atoms with Crippen LogP contribution in [0, 0.1) is 5.92 Å². The SMILES string of the molecule is NCc1ccc(CS(=O)(=O)NCC2CCCC2)cc1. The van der Waals surface area contributed by atoms with Crippen molar-refractivity contribution in [3.63, 3.8) is 0 Å². The van der Waals surface area contributed by atoms with Crippen LogP contribution in [0.4, 0.5) is 0 Å². The molecule has 106 valence electrons. The van der Waals surface area contributed by atoms with Gasteiger partial charge in [0.25, 0.3) is 0 Å². The van der Waals surface area contributed by atoms with E-state index in [1.54, 1.807) is 0 Å². The van der Waals surface area contributed by atoms with E-state index in [0.717, 1.165) is 24.0 Å². The lowest BCUT2D eigenvalue weighted by Gasteiger charge is -2.11. The van der Waals surface area contributed by atoms with Gasteiger partial charge in [-0.05, 0) is 29.9 Å². The minimum atomic E-state index is -3.22. The van der Waals surface area contributed by atoms with E-state index >= 15 is 0 Å². The van der Waals surface area contributed by atoms with Gasteiger partial charge in [0.15, 0.2) is 0 Å². The van der Waals surface area contributed by atoms with Gasteiger partial charge in [0.2, 0.25) is 10.0 Å². The summed E-state index contributed by atoms with van der Waals surface area (Å²) in [6.07, 6.45) is 4.75. The topological polar surface area (TPSA) is 72.2 Å². The summed E-state index contributed by atoms with van der Waals surface area (Å²) < 4.78 is 26.7. The van der Waals surface area contributed by atoms with Crippen LogP contribution in [0.3, 0.4) is 0 Å². The lowest BCUT2D eigenvalue weighted by Crippen LogP contribution is -2.29. The highest BCUT2D eigenvalue weighted by molar-refractivity contribution is 7.88. The number of hydrogen-bond acceptors (Lipinski definition) is 3. The third kappa shape index (κ3) is 4.60. The largest absolute Gasteiger partial charge is 0.326 e. The van der Waals surface area contributed by atoms with E-state index in [4.69, 9.17) is 5.73 Å². The number of sulfonamides is 1. The van der Waals surface area contributed by atoms with Crippen LogP contribution in [0.15, 0.2) is 24.3 Å². The summed E-state index contributed by atoms with van der Waals surface area (Å²) in [7, 11) is -3.22. The van der Waals surface area contributed by atoms with Crippen molar-refractivity contribution in [2.75, 3.05) is 6.54 Å². The van der Waals surface area contributed by atoms with E-state index in [9.17, 15) is 8.42 Å². The fourth-order valence-corrected chi connectivity index (χ4v) is 3.72. The number of benzene rings is 1. The van der Waals surface area contributed by atoms with Crippen LogP contribution in [0.5, 0.6) is 0 Å². The Morgan fingerprint density at radius 1 is 1.11 bits per heavy atom. The van der Waals surface area contributed by atoms with Crippen molar-refractivity contribution in [2.45, 2.75) is 38.0 Å². The number of hydrogen-bond donors (Lipinski definition) is 2. The Morgan fingerprint density at radius 2 is 1.68 bits per heavy atom. The molecule has 1 saturated carbocycles. The fraction of sp³-hybridized carbons (Fsp3) is 0.571. The van der Waals surface area contributed by atoms with Gasteiger partial charge in [0.05, 0.1) is 5.75 Å². The van der Waals surface area contributed by atoms with Crippen molar-refractivity contribution in [3.8, 4) is 0 Å². The first kappa shape index (κ1) is 14.5. The maximum atomic E-state index is 12.0. The third-order valence-electron chi connectivity index (χ3n) is 3.68. The zero-order valence-electron chi connectivity index (χ0n) is 11.1. The summed E-state index contributed by atoms with van der Waals surface area (Å²) in [5.74, 6) is 0.569. The second-order valence-electron chi connectivity index (χ2n) is 5.28. The fourth-order valence-electron chi connectivity index (χ4n) is 2.50. The molecule has 0 atom stereocenters. The minimum Gasteiger partial charge on any atom is -0.326 e. The monoisotopic (exact) mass is 282 g/mol. The van der Waals surface area contributed by atoms with E-state index in [1.165, 1.54) is 12.8 Å². The highest BCUT2D eigenvalue weighted by Crippen LogP contribution is 2.24. The van der Waals surface area contributed by atoms with Crippen LogP contribution in [-0.2, 0) is 22.3 Å². The van der Waals surface area contributed by atoms with Gasteiger partial charge < -0.3 is 5.73 Å². The van der Waals surface area contributed by atoms with Crippen LogP contribution in [-0.4, -0.2) is 15.0 Å². The van der Waals surface area contributed by atoms with E-state index in [2.05, 4.69) is 4.72 Å². The van der Waals surface area contributed by atoms with E-state index in [1.807, 2.05) is 24.3 Å². The van der Waals surface area contributed by atoms with Gasteiger partial charge in [-0.2, -0.15) is 0 Å². The third-order valence-corrected chi connectivity index (χ3v) is 5.00. The normalized spacial score (nSPS) is 16.9. The standard InChI is InChI=1S/C14H22N2O2S/c15-9-12-5-7-14(8-6-12)11-19(17,18)16-10-13-3-1-2-4-13/h5-8,13,16H,1-4,9-11,15H2. The smallest absolute Gasteiger partial charge is 0.215 e. The van der Waals surface area contributed by atoms with Gasteiger partial charge in [-0.1, -0.05) is 37.1 Å². The van der Waals surface area contributed by atoms with E-state index < -0.39 is 10.0 Å². The Morgan fingerprint density at radius 3 is 2.26 bits per heavy atom. The summed E-state index contributed by atoms with van der Waals surface area (Å²) in [6, 6.07) is 7.41. The maximum Gasteiger partial charge on any atom is 0.215 e. The first-order chi connectivity index (χ1) is 9.09. The lowest BCUT2D eigenvalue weighted by atomic mass is 10.1. The second kappa shape index (κ2) is 6.50. The average molecular weight is 282 g/mol. The molecular weight excluding hydrogens is 260 g/mol. The van der Waals surface area contributed by atoms with Crippen LogP contribution in [0.2, 0.25) is 0 Å². The van der Waals surface area contributed by atoms with Crippen molar-refractivity contribution in [1.82, 2.24) is 4.72 Å². The molecule has 0 aliphatic heterocycles. The molecule has 0 heterocycles. The van der Waals surface area contributed by atoms with Crippen LogP contribution in [0.1, 0.15) is 36.8 Å². The molecule has 4 nitrogen and oxygen atoms in total. The Balaban J connectivity index is 1.88. The van der Waals surface area contributed by atoms with E-state index in [-0.39, 0.29) is 5.75 Å². The Kier molecular flexibility index (Phi) is 4.96. The first-order valence-corrected chi connectivity index (χ1v) is 8.49. The molecule has 0 bridgehead atoms. The molecule has 1 aromatic rings. The summed E-state index contributed by atoms with van der Waals surface area (Å²) in [5.41, 5.74) is 7.33. The predicted molar refractivity (Wildman–Crippen MR) is 76.9 cm³/mol.